The second-order valence-corrected chi connectivity index (χ2v) is 12.0. The molecule has 44 heavy (non-hydrogen) atoms. The van der Waals surface area contributed by atoms with Gasteiger partial charge >= 0.3 is 0 Å². The summed E-state index contributed by atoms with van der Waals surface area (Å²) in [7, 11) is 0. The molecule has 0 saturated carbocycles. The van der Waals surface area contributed by atoms with Crippen molar-refractivity contribution in [1.29, 1.82) is 0 Å². The number of nitrogens with one attached hydrogen (secondary N) is 1. The molecule has 3 aromatic carbocycles. The first-order valence-electron chi connectivity index (χ1n) is 15.3. The lowest BCUT2D eigenvalue weighted by atomic mass is 10.1. The maximum Gasteiger partial charge on any atom is 0.256 e. The number of carbonyl (C=O) groups is 2. The van der Waals surface area contributed by atoms with Gasteiger partial charge in [-0.05, 0) is 85.7 Å². The molecule has 2 amide bonds. The van der Waals surface area contributed by atoms with Crippen LogP contribution < -0.4 is 15.0 Å². The molecule has 0 unspecified atom stereocenters. The van der Waals surface area contributed by atoms with E-state index in [1.165, 1.54) is 10.5 Å². The number of hydrogen-bond donors (Lipinski definition) is 1. The van der Waals surface area contributed by atoms with Crippen molar-refractivity contribution in [2.75, 3.05) is 56.1 Å². The number of rotatable bonds is 13. The number of halogens is 1. The lowest BCUT2D eigenvalue weighted by Gasteiger charge is -2.35. The smallest absolute Gasteiger partial charge is 0.256 e. The molecule has 232 valence electrons. The van der Waals surface area contributed by atoms with Crippen molar-refractivity contribution in [3.05, 3.63) is 89.4 Å². The van der Waals surface area contributed by atoms with Gasteiger partial charge in [-0.2, -0.15) is 0 Å². The third-order valence-electron chi connectivity index (χ3n) is 7.98. The van der Waals surface area contributed by atoms with Crippen LogP contribution in [0.15, 0.2) is 78.9 Å². The molecule has 3 aromatic rings. The first kappa shape index (κ1) is 31.9. The summed E-state index contributed by atoms with van der Waals surface area (Å²) in [5.74, 6) is 0.305. The Kier molecular flexibility index (Phi) is 11.2. The molecule has 8 nitrogen and oxygen atoms in total. The molecule has 0 bridgehead atoms. The molecule has 1 N–H and O–H groups in total. The SMILES string of the molecule is CCCOc1ccc(NC(=O)C[C@@H]2C(=O)N(c3ccc(Cl)cc3)C(=S)N2CCCN2CCN(Cc3ccccc3)CC2)cc1. The monoisotopic (exact) mass is 633 g/mol. The van der Waals surface area contributed by atoms with Crippen LogP contribution in [-0.4, -0.2) is 83.5 Å². The summed E-state index contributed by atoms with van der Waals surface area (Å²) in [6, 6.07) is 24.2. The van der Waals surface area contributed by atoms with Crippen LogP contribution in [0.1, 0.15) is 31.7 Å². The highest BCUT2D eigenvalue weighted by atomic mass is 35.5. The van der Waals surface area contributed by atoms with Gasteiger partial charge in [-0.25, -0.2) is 0 Å². The number of amides is 2. The summed E-state index contributed by atoms with van der Waals surface area (Å²) in [6.45, 7) is 9.19. The van der Waals surface area contributed by atoms with Crippen LogP contribution in [0.4, 0.5) is 11.4 Å². The number of benzene rings is 3. The van der Waals surface area contributed by atoms with E-state index in [9.17, 15) is 9.59 Å². The molecule has 0 radical (unpaired) electrons. The van der Waals surface area contributed by atoms with Crippen molar-refractivity contribution < 1.29 is 14.3 Å². The Hall–Kier alpha value is -3.50. The van der Waals surface area contributed by atoms with E-state index < -0.39 is 6.04 Å². The lowest BCUT2D eigenvalue weighted by Crippen LogP contribution is -2.47. The zero-order chi connectivity index (χ0) is 30.9. The first-order chi connectivity index (χ1) is 21.4. The number of piperazine rings is 1. The van der Waals surface area contributed by atoms with Gasteiger partial charge in [0.15, 0.2) is 5.11 Å². The Morgan fingerprint density at radius 2 is 1.61 bits per heavy atom. The maximum atomic E-state index is 13.7. The summed E-state index contributed by atoms with van der Waals surface area (Å²) in [6.07, 6.45) is 1.75. The van der Waals surface area contributed by atoms with Crippen molar-refractivity contribution in [2.24, 2.45) is 0 Å². The average molecular weight is 634 g/mol. The quantitative estimate of drug-likeness (QED) is 0.243. The van der Waals surface area contributed by atoms with E-state index in [-0.39, 0.29) is 18.2 Å². The summed E-state index contributed by atoms with van der Waals surface area (Å²) < 4.78 is 5.64. The number of thiocarbonyl (C=S) groups is 1. The molecular weight excluding hydrogens is 594 g/mol. The van der Waals surface area contributed by atoms with Gasteiger partial charge in [-0.1, -0.05) is 48.9 Å². The topological polar surface area (TPSA) is 68.4 Å². The van der Waals surface area contributed by atoms with Gasteiger partial charge < -0.3 is 19.9 Å². The average Bonchev–Trinajstić information content (AvgIpc) is 3.26. The zero-order valence-corrected chi connectivity index (χ0v) is 26.7. The largest absolute Gasteiger partial charge is 0.494 e. The second-order valence-electron chi connectivity index (χ2n) is 11.2. The van der Waals surface area contributed by atoms with Crippen molar-refractivity contribution in [2.45, 2.75) is 38.8 Å². The minimum absolute atomic E-state index is 0.00465. The molecule has 2 aliphatic rings. The van der Waals surface area contributed by atoms with Crippen molar-refractivity contribution in [3.63, 3.8) is 0 Å². The van der Waals surface area contributed by atoms with Crippen LogP contribution in [0.5, 0.6) is 5.75 Å². The standard InChI is InChI=1S/C34H40ClN5O3S/c1-2-23-43-30-15-11-28(12-16-30)36-32(41)24-31-33(42)40(29-13-9-27(35)10-14-29)34(44)39(31)18-6-17-37-19-21-38(22-20-37)25-26-7-4-3-5-8-26/h3-5,7-16,31H,2,6,17-25H2,1H3,(H,36,41)/t31-/m1/s1. The van der Waals surface area contributed by atoms with Crippen LogP contribution >= 0.6 is 23.8 Å². The first-order valence-corrected chi connectivity index (χ1v) is 16.1. The van der Waals surface area contributed by atoms with Gasteiger partial charge in [0.25, 0.3) is 5.91 Å². The van der Waals surface area contributed by atoms with Gasteiger partial charge in [0.2, 0.25) is 5.91 Å². The molecule has 2 fully saturated rings. The van der Waals surface area contributed by atoms with Crippen LogP contribution in [0.2, 0.25) is 5.02 Å². The van der Waals surface area contributed by atoms with Crippen LogP contribution in [0.3, 0.4) is 0 Å². The number of hydrogen-bond acceptors (Lipinski definition) is 6. The van der Waals surface area contributed by atoms with Crippen molar-refractivity contribution >= 4 is 52.1 Å². The van der Waals surface area contributed by atoms with Gasteiger partial charge in [0.05, 0.1) is 18.7 Å². The number of anilines is 2. The molecule has 0 spiro atoms. The van der Waals surface area contributed by atoms with Gasteiger partial charge in [-0.15, -0.1) is 0 Å². The fourth-order valence-electron chi connectivity index (χ4n) is 5.63. The highest BCUT2D eigenvalue weighted by molar-refractivity contribution is 7.80. The number of nitrogens with zero attached hydrogens (tertiary/aromatic N) is 4. The lowest BCUT2D eigenvalue weighted by molar-refractivity contribution is -0.124. The van der Waals surface area contributed by atoms with E-state index in [2.05, 4.69) is 52.4 Å². The molecule has 0 aliphatic carbocycles. The van der Waals surface area contributed by atoms with E-state index >= 15 is 0 Å². The normalized spacial score (nSPS) is 17.7. The minimum atomic E-state index is -0.687. The molecule has 2 aliphatic heterocycles. The Morgan fingerprint density at radius 3 is 2.30 bits per heavy atom. The van der Waals surface area contributed by atoms with Gasteiger partial charge in [0.1, 0.15) is 11.8 Å². The molecule has 10 heteroatoms. The Labute approximate surface area is 270 Å². The highest BCUT2D eigenvalue weighted by Gasteiger charge is 2.44. The van der Waals surface area contributed by atoms with Crippen molar-refractivity contribution in [1.82, 2.24) is 14.7 Å². The maximum absolute atomic E-state index is 13.7. The summed E-state index contributed by atoms with van der Waals surface area (Å²) >= 11 is 11.9. The molecule has 1 atom stereocenters. The van der Waals surface area contributed by atoms with E-state index in [0.29, 0.717) is 34.7 Å². The van der Waals surface area contributed by atoms with Gasteiger partial charge in [0, 0.05) is 50.0 Å². The van der Waals surface area contributed by atoms with E-state index in [1.807, 2.05) is 17.0 Å². The molecular formula is C34H40ClN5O3S. The zero-order valence-electron chi connectivity index (χ0n) is 25.2. The second kappa shape index (κ2) is 15.5. The highest BCUT2D eigenvalue weighted by Crippen LogP contribution is 2.29. The summed E-state index contributed by atoms with van der Waals surface area (Å²) in [4.78, 5) is 35.3. The Bertz CT molecular complexity index is 1400. The number of carbonyl (C=O) groups excluding carboxylic acids is 2. The third kappa shape index (κ3) is 8.35. The van der Waals surface area contributed by atoms with Crippen LogP contribution in [0.25, 0.3) is 0 Å². The van der Waals surface area contributed by atoms with E-state index in [1.54, 1.807) is 36.4 Å². The third-order valence-corrected chi connectivity index (χ3v) is 8.65. The molecule has 0 aromatic heterocycles. The fourth-order valence-corrected chi connectivity index (χ4v) is 6.17. The van der Waals surface area contributed by atoms with E-state index in [0.717, 1.165) is 57.9 Å². The number of ether oxygens (including phenoxy) is 1. The predicted molar refractivity (Wildman–Crippen MR) is 180 cm³/mol. The predicted octanol–water partition coefficient (Wildman–Crippen LogP) is 5.67. The van der Waals surface area contributed by atoms with Crippen LogP contribution in [0, 0.1) is 0 Å². The van der Waals surface area contributed by atoms with Crippen molar-refractivity contribution in [3.8, 4) is 5.75 Å². The fraction of sp³-hybridized carbons (Fsp3) is 0.382. The van der Waals surface area contributed by atoms with E-state index in [4.69, 9.17) is 28.6 Å². The van der Waals surface area contributed by atoms with Gasteiger partial charge in [-0.3, -0.25) is 19.4 Å². The summed E-state index contributed by atoms with van der Waals surface area (Å²) in [5, 5.41) is 3.93. The Morgan fingerprint density at radius 1 is 0.932 bits per heavy atom. The molecule has 2 heterocycles. The minimum Gasteiger partial charge on any atom is -0.494 e. The molecule has 2 saturated heterocycles. The summed E-state index contributed by atoms with van der Waals surface area (Å²) in [5.41, 5.74) is 2.64. The van der Waals surface area contributed by atoms with Crippen LogP contribution in [-0.2, 0) is 16.1 Å². The molecule has 5 rings (SSSR count). The Balaban J connectivity index is 1.19.